The number of hydrogen-bond donors (Lipinski definition) is 2. The van der Waals surface area contributed by atoms with Gasteiger partial charge in [0, 0.05) is 33.2 Å². The van der Waals surface area contributed by atoms with Crippen LogP contribution in [-0.2, 0) is 11.3 Å². The number of anilines is 1. The molecular formula is C23H29F2N5O2. The molecule has 1 fully saturated rings. The number of aliphatic imine (C=N–C) groups is 1. The maximum absolute atomic E-state index is 14.2. The molecule has 1 amide bonds. The van der Waals surface area contributed by atoms with Gasteiger partial charge >= 0.3 is 0 Å². The van der Waals surface area contributed by atoms with Crippen molar-refractivity contribution in [3.05, 3.63) is 59.7 Å². The zero-order chi connectivity index (χ0) is 23.1. The molecule has 2 aromatic carbocycles. The second-order valence-electron chi connectivity index (χ2n) is 7.80. The first-order valence-electron chi connectivity index (χ1n) is 10.4. The predicted molar refractivity (Wildman–Crippen MR) is 121 cm³/mol. The molecule has 2 N–H and O–H groups in total. The minimum absolute atomic E-state index is 0.00994. The van der Waals surface area contributed by atoms with Gasteiger partial charge in [-0.15, -0.1) is 0 Å². The Morgan fingerprint density at radius 1 is 1.19 bits per heavy atom. The highest BCUT2D eigenvalue weighted by molar-refractivity contribution is 5.86. The van der Waals surface area contributed by atoms with Crippen molar-refractivity contribution in [1.82, 2.24) is 15.5 Å². The second-order valence-corrected chi connectivity index (χ2v) is 7.80. The van der Waals surface area contributed by atoms with Crippen molar-refractivity contribution < 1.29 is 18.3 Å². The molecule has 172 valence electrons. The summed E-state index contributed by atoms with van der Waals surface area (Å²) in [7, 11) is 4.98. The lowest BCUT2D eigenvalue weighted by Crippen LogP contribution is -2.47. The summed E-state index contributed by atoms with van der Waals surface area (Å²) in [6, 6.07) is 11.4. The molecule has 3 rings (SSSR count). The highest BCUT2D eigenvalue weighted by Gasteiger charge is 2.27. The highest BCUT2D eigenvalue weighted by atomic mass is 19.1. The summed E-state index contributed by atoms with van der Waals surface area (Å²) in [5.41, 5.74) is 0.969. The molecule has 1 unspecified atom stereocenters. The summed E-state index contributed by atoms with van der Waals surface area (Å²) in [6.45, 7) is 1.41. The van der Waals surface area contributed by atoms with Crippen LogP contribution in [0.25, 0.3) is 0 Å². The van der Waals surface area contributed by atoms with E-state index in [1.54, 1.807) is 26.1 Å². The topological polar surface area (TPSA) is 69.2 Å². The van der Waals surface area contributed by atoms with E-state index < -0.39 is 11.6 Å². The quantitative estimate of drug-likeness (QED) is 0.506. The Hall–Kier alpha value is -3.36. The standard InChI is InChI=1S/C23H29F2N5O2/c1-29(2)21(31)14-27-23(26-13-16-7-9-18(32-3)10-8-16)28-17-11-12-30(15-17)22-19(24)5-4-6-20(22)25/h4-10,17H,11-15H2,1-3H3,(H2,26,27,28). The molecular weight excluding hydrogens is 416 g/mol. The van der Waals surface area contributed by atoms with Crippen LogP contribution < -0.4 is 20.3 Å². The van der Waals surface area contributed by atoms with Gasteiger partial charge in [0.1, 0.15) is 23.1 Å². The molecule has 2 aromatic rings. The smallest absolute Gasteiger partial charge is 0.241 e. The molecule has 0 saturated carbocycles. The molecule has 1 aliphatic rings. The molecule has 0 aliphatic carbocycles. The first kappa shape index (κ1) is 23.3. The van der Waals surface area contributed by atoms with E-state index >= 15 is 0 Å². The molecule has 7 nitrogen and oxygen atoms in total. The van der Waals surface area contributed by atoms with E-state index in [1.165, 1.54) is 23.1 Å². The van der Waals surface area contributed by atoms with E-state index in [1.807, 2.05) is 24.3 Å². The maximum atomic E-state index is 14.2. The fourth-order valence-electron chi connectivity index (χ4n) is 3.44. The number of ether oxygens (including phenoxy) is 1. The molecule has 0 spiro atoms. The average molecular weight is 446 g/mol. The Bertz CT molecular complexity index is 930. The Kier molecular flexibility index (Phi) is 7.86. The molecule has 0 aromatic heterocycles. The molecule has 0 radical (unpaired) electrons. The van der Waals surface area contributed by atoms with Crippen molar-refractivity contribution in [3.63, 3.8) is 0 Å². The third-order valence-electron chi connectivity index (χ3n) is 5.27. The van der Waals surface area contributed by atoms with E-state index in [-0.39, 0.29) is 24.2 Å². The van der Waals surface area contributed by atoms with Crippen molar-refractivity contribution in [2.45, 2.75) is 19.0 Å². The van der Waals surface area contributed by atoms with Crippen molar-refractivity contribution in [3.8, 4) is 5.75 Å². The number of methoxy groups -OCH3 is 1. The largest absolute Gasteiger partial charge is 0.497 e. The van der Waals surface area contributed by atoms with Crippen molar-refractivity contribution in [1.29, 1.82) is 0 Å². The van der Waals surface area contributed by atoms with Crippen LogP contribution in [0, 0.1) is 11.6 Å². The van der Waals surface area contributed by atoms with Gasteiger partial charge in [-0.3, -0.25) is 4.79 Å². The Labute approximate surface area is 187 Å². The SMILES string of the molecule is COc1ccc(CN=C(NCC(=O)N(C)C)NC2CCN(c3c(F)cccc3F)C2)cc1. The Morgan fingerprint density at radius 3 is 2.50 bits per heavy atom. The summed E-state index contributed by atoms with van der Waals surface area (Å²) in [4.78, 5) is 19.8. The van der Waals surface area contributed by atoms with Gasteiger partial charge in [-0.1, -0.05) is 18.2 Å². The van der Waals surface area contributed by atoms with Crippen LogP contribution in [-0.4, -0.2) is 63.6 Å². The van der Waals surface area contributed by atoms with Gasteiger partial charge in [0.05, 0.1) is 20.2 Å². The summed E-state index contributed by atoms with van der Waals surface area (Å²) < 4.78 is 33.5. The number of rotatable bonds is 7. The van der Waals surface area contributed by atoms with Gasteiger partial charge in [0.25, 0.3) is 0 Å². The minimum atomic E-state index is -0.575. The third-order valence-corrected chi connectivity index (χ3v) is 5.27. The number of amides is 1. The van der Waals surface area contributed by atoms with Crippen molar-refractivity contribution in [2.75, 3.05) is 45.7 Å². The fourth-order valence-corrected chi connectivity index (χ4v) is 3.44. The van der Waals surface area contributed by atoms with E-state index in [0.29, 0.717) is 32.0 Å². The highest BCUT2D eigenvalue weighted by Crippen LogP contribution is 2.26. The molecule has 1 atom stereocenters. The molecule has 1 aliphatic heterocycles. The van der Waals surface area contributed by atoms with Crippen molar-refractivity contribution in [2.24, 2.45) is 4.99 Å². The zero-order valence-corrected chi connectivity index (χ0v) is 18.6. The number of benzene rings is 2. The number of para-hydroxylation sites is 1. The van der Waals surface area contributed by atoms with E-state index in [9.17, 15) is 13.6 Å². The number of hydrogen-bond acceptors (Lipinski definition) is 4. The third kappa shape index (κ3) is 6.09. The molecule has 32 heavy (non-hydrogen) atoms. The Morgan fingerprint density at radius 2 is 1.88 bits per heavy atom. The molecule has 1 saturated heterocycles. The normalized spacial score (nSPS) is 16.1. The second kappa shape index (κ2) is 10.8. The summed E-state index contributed by atoms with van der Waals surface area (Å²) in [6.07, 6.45) is 0.679. The average Bonchev–Trinajstić information content (AvgIpc) is 3.23. The number of nitrogens with zero attached hydrogens (tertiary/aromatic N) is 3. The number of carbonyl (C=O) groups is 1. The lowest BCUT2D eigenvalue weighted by Gasteiger charge is -2.21. The fraction of sp³-hybridized carbons (Fsp3) is 0.391. The van der Waals surface area contributed by atoms with Crippen LogP contribution in [0.15, 0.2) is 47.5 Å². The number of nitrogens with one attached hydrogen (secondary N) is 2. The van der Waals surface area contributed by atoms with Crippen LogP contribution >= 0.6 is 0 Å². The van der Waals surface area contributed by atoms with Gasteiger partial charge in [-0.2, -0.15) is 0 Å². The van der Waals surface area contributed by atoms with Crippen LogP contribution in [0.2, 0.25) is 0 Å². The molecule has 9 heteroatoms. The molecule has 0 bridgehead atoms. The van der Waals surface area contributed by atoms with Crippen LogP contribution in [0.3, 0.4) is 0 Å². The predicted octanol–water partition coefficient (Wildman–Crippen LogP) is 2.38. The van der Waals surface area contributed by atoms with Gasteiger partial charge in [-0.25, -0.2) is 13.8 Å². The van der Waals surface area contributed by atoms with E-state index in [4.69, 9.17) is 4.74 Å². The van der Waals surface area contributed by atoms with Crippen LogP contribution in [0.1, 0.15) is 12.0 Å². The summed E-state index contributed by atoms with van der Waals surface area (Å²) >= 11 is 0. The summed E-state index contributed by atoms with van der Waals surface area (Å²) in [5.74, 6) is -0.0120. The van der Waals surface area contributed by atoms with E-state index in [2.05, 4.69) is 15.6 Å². The molecule has 1 heterocycles. The van der Waals surface area contributed by atoms with Gasteiger partial charge in [0.15, 0.2) is 5.96 Å². The Balaban J connectivity index is 1.68. The number of likely N-dealkylation sites (N-methyl/N-ethyl adjacent to an activating group) is 1. The lowest BCUT2D eigenvalue weighted by molar-refractivity contribution is -0.127. The van der Waals surface area contributed by atoms with Crippen LogP contribution in [0.5, 0.6) is 5.75 Å². The van der Waals surface area contributed by atoms with Gasteiger partial charge in [0.2, 0.25) is 5.91 Å². The van der Waals surface area contributed by atoms with E-state index in [0.717, 1.165) is 11.3 Å². The lowest BCUT2D eigenvalue weighted by atomic mass is 10.2. The summed E-state index contributed by atoms with van der Waals surface area (Å²) in [5, 5.41) is 6.35. The maximum Gasteiger partial charge on any atom is 0.241 e. The minimum Gasteiger partial charge on any atom is -0.497 e. The first-order valence-corrected chi connectivity index (χ1v) is 10.4. The van der Waals surface area contributed by atoms with Gasteiger partial charge < -0.3 is 25.2 Å². The first-order chi connectivity index (χ1) is 15.4. The monoisotopic (exact) mass is 445 g/mol. The van der Waals surface area contributed by atoms with Crippen molar-refractivity contribution >= 4 is 17.6 Å². The zero-order valence-electron chi connectivity index (χ0n) is 18.6. The number of guanidine groups is 1. The number of carbonyl (C=O) groups excluding carboxylic acids is 1. The van der Waals surface area contributed by atoms with Crippen LogP contribution in [0.4, 0.5) is 14.5 Å². The number of halogens is 2. The van der Waals surface area contributed by atoms with Gasteiger partial charge in [-0.05, 0) is 36.2 Å².